The minimum Gasteiger partial charge on any atom is -0.479 e. The van der Waals surface area contributed by atoms with Crippen LogP contribution in [0.2, 0.25) is 0 Å². The number of hydrogen-bond donors (Lipinski definition) is 1. The minimum atomic E-state index is -1.04. The van der Waals surface area contributed by atoms with Crippen LogP contribution in [0.1, 0.15) is 21.7 Å². The Morgan fingerprint density at radius 3 is 2.63 bits per heavy atom. The van der Waals surface area contributed by atoms with Gasteiger partial charge in [0.25, 0.3) is 5.91 Å². The fourth-order valence-electron chi connectivity index (χ4n) is 2.22. The highest BCUT2D eigenvalue weighted by atomic mass is 16.5. The SMILES string of the molecule is Cc1nn(C)c(C)c1C(=O)N1CCO[C@@H](C(=O)O)C1. The first-order chi connectivity index (χ1) is 8.91. The summed E-state index contributed by atoms with van der Waals surface area (Å²) in [5.41, 5.74) is 1.98. The van der Waals surface area contributed by atoms with E-state index in [0.717, 1.165) is 5.69 Å². The number of aliphatic carboxylic acids is 1. The molecule has 2 heterocycles. The molecular formula is C12H17N3O4. The van der Waals surface area contributed by atoms with Crippen molar-refractivity contribution >= 4 is 11.9 Å². The lowest BCUT2D eigenvalue weighted by atomic mass is 10.1. The van der Waals surface area contributed by atoms with Crippen LogP contribution in [0.15, 0.2) is 0 Å². The van der Waals surface area contributed by atoms with E-state index in [1.807, 2.05) is 6.92 Å². The molecule has 104 valence electrons. The topological polar surface area (TPSA) is 84.7 Å². The number of carbonyl (C=O) groups is 2. The molecule has 1 fully saturated rings. The van der Waals surface area contributed by atoms with Gasteiger partial charge in [0.05, 0.1) is 24.4 Å². The number of aryl methyl sites for hydroxylation is 2. The van der Waals surface area contributed by atoms with E-state index in [1.165, 1.54) is 4.90 Å². The van der Waals surface area contributed by atoms with Crippen molar-refractivity contribution in [2.24, 2.45) is 7.05 Å². The fraction of sp³-hybridized carbons (Fsp3) is 0.583. The zero-order valence-corrected chi connectivity index (χ0v) is 11.2. The molecule has 1 aliphatic rings. The molecule has 2 rings (SSSR count). The molecule has 1 aliphatic heterocycles. The number of hydrogen-bond acceptors (Lipinski definition) is 4. The average molecular weight is 267 g/mol. The summed E-state index contributed by atoms with van der Waals surface area (Å²) >= 11 is 0. The van der Waals surface area contributed by atoms with Crippen LogP contribution >= 0.6 is 0 Å². The number of nitrogens with zero attached hydrogens (tertiary/aromatic N) is 3. The Morgan fingerprint density at radius 2 is 2.11 bits per heavy atom. The van der Waals surface area contributed by atoms with Gasteiger partial charge in [-0.3, -0.25) is 9.48 Å². The van der Waals surface area contributed by atoms with Crippen molar-refractivity contribution in [1.82, 2.24) is 14.7 Å². The molecule has 0 aromatic carbocycles. The summed E-state index contributed by atoms with van der Waals surface area (Å²) in [6.07, 6.45) is -0.949. The molecule has 1 N–H and O–H groups in total. The Hall–Kier alpha value is -1.89. The molecule has 19 heavy (non-hydrogen) atoms. The van der Waals surface area contributed by atoms with Gasteiger partial charge in [0.2, 0.25) is 0 Å². The summed E-state index contributed by atoms with van der Waals surface area (Å²) in [5.74, 6) is -1.23. The highest BCUT2D eigenvalue weighted by Crippen LogP contribution is 2.17. The Kier molecular flexibility index (Phi) is 3.57. The van der Waals surface area contributed by atoms with E-state index in [4.69, 9.17) is 9.84 Å². The maximum atomic E-state index is 12.4. The predicted molar refractivity (Wildman–Crippen MR) is 66.0 cm³/mol. The maximum Gasteiger partial charge on any atom is 0.334 e. The van der Waals surface area contributed by atoms with Crippen molar-refractivity contribution in [3.8, 4) is 0 Å². The smallest absolute Gasteiger partial charge is 0.334 e. The third kappa shape index (κ3) is 2.46. The van der Waals surface area contributed by atoms with E-state index in [2.05, 4.69) is 5.10 Å². The van der Waals surface area contributed by atoms with Gasteiger partial charge < -0.3 is 14.7 Å². The number of carboxylic acids is 1. The largest absolute Gasteiger partial charge is 0.479 e. The summed E-state index contributed by atoms with van der Waals surface area (Å²) in [6, 6.07) is 0. The van der Waals surface area contributed by atoms with Crippen molar-refractivity contribution in [1.29, 1.82) is 0 Å². The highest BCUT2D eigenvalue weighted by Gasteiger charge is 2.31. The lowest BCUT2D eigenvalue weighted by molar-refractivity contribution is -0.154. The third-order valence-electron chi connectivity index (χ3n) is 3.35. The number of ether oxygens (including phenoxy) is 1. The summed E-state index contributed by atoms with van der Waals surface area (Å²) in [7, 11) is 1.78. The maximum absolute atomic E-state index is 12.4. The van der Waals surface area contributed by atoms with Crippen LogP contribution in [0.25, 0.3) is 0 Å². The van der Waals surface area contributed by atoms with Crippen LogP contribution < -0.4 is 0 Å². The van der Waals surface area contributed by atoms with Gasteiger partial charge in [0.15, 0.2) is 6.10 Å². The molecule has 0 radical (unpaired) electrons. The summed E-state index contributed by atoms with van der Waals surface area (Å²) in [6.45, 7) is 4.30. The van der Waals surface area contributed by atoms with Gasteiger partial charge in [-0.1, -0.05) is 0 Å². The van der Waals surface area contributed by atoms with E-state index < -0.39 is 12.1 Å². The fourth-order valence-corrected chi connectivity index (χ4v) is 2.22. The van der Waals surface area contributed by atoms with Crippen molar-refractivity contribution in [3.05, 3.63) is 17.0 Å². The van der Waals surface area contributed by atoms with E-state index in [1.54, 1.807) is 18.7 Å². The molecule has 1 aromatic heterocycles. The third-order valence-corrected chi connectivity index (χ3v) is 3.35. The second-order valence-electron chi connectivity index (χ2n) is 4.62. The molecule has 0 spiro atoms. The van der Waals surface area contributed by atoms with Crippen LogP contribution in [-0.4, -0.2) is 57.5 Å². The van der Waals surface area contributed by atoms with E-state index in [9.17, 15) is 9.59 Å². The van der Waals surface area contributed by atoms with Gasteiger partial charge in [-0.05, 0) is 13.8 Å². The number of carboxylic acid groups (broad SMARTS) is 1. The number of aromatic nitrogens is 2. The zero-order valence-electron chi connectivity index (χ0n) is 11.2. The van der Waals surface area contributed by atoms with Gasteiger partial charge in [-0.25, -0.2) is 4.79 Å². The molecule has 7 nitrogen and oxygen atoms in total. The van der Waals surface area contributed by atoms with Crippen LogP contribution in [0.4, 0.5) is 0 Å². The number of morpholine rings is 1. The molecule has 1 amide bonds. The van der Waals surface area contributed by atoms with Crippen molar-refractivity contribution in [2.45, 2.75) is 20.0 Å². The van der Waals surface area contributed by atoms with Gasteiger partial charge in [0.1, 0.15) is 0 Å². The van der Waals surface area contributed by atoms with E-state index in [-0.39, 0.29) is 19.1 Å². The first kappa shape index (κ1) is 13.5. The Labute approximate surface area is 110 Å². The van der Waals surface area contributed by atoms with Crippen molar-refractivity contribution in [2.75, 3.05) is 19.7 Å². The average Bonchev–Trinajstić information content (AvgIpc) is 2.62. The molecule has 0 bridgehead atoms. The molecule has 0 saturated carbocycles. The van der Waals surface area contributed by atoms with Crippen LogP contribution in [0, 0.1) is 13.8 Å². The molecule has 1 aromatic rings. The highest BCUT2D eigenvalue weighted by molar-refractivity contribution is 5.96. The van der Waals surface area contributed by atoms with Crippen molar-refractivity contribution < 1.29 is 19.4 Å². The van der Waals surface area contributed by atoms with Gasteiger partial charge in [0, 0.05) is 19.3 Å². The molecule has 1 saturated heterocycles. The van der Waals surface area contributed by atoms with Gasteiger partial charge in [-0.2, -0.15) is 5.10 Å². The summed E-state index contributed by atoms with van der Waals surface area (Å²) in [4.78, 5) is 24.9. The van der Waals surface area contributed by atoms with Crippen molar-refractivity contribution in [3.63, 3.8) is 0 Å². The molecule has 0 unspecified atom stereocenters. The predicted octanol–water partition coefficient (Wildman–Crippen LogP) is -0.0375. The Bertz CT molecular complexity index is 523. The molecule has 0 aliphatic carbocycles. The quantitative estimate of drug-likeness (QED) is 0.813. The Morgan fingerprint density at radius 1 is 1.42 bits per heavy atom. The lowest BCUT2D eigenvalue weighted by Crippen LogP contribution is -2.48. The first-order valence-corrected chi connectivity index (χ1v) is 6.05. The summed E-state index contributed by atoms with van der Waals surface area (Å²) < 4.78 is 6.76. The number of amides is 1. The van der Waals surface area contributed by atoms with Crippen LogP contribution in [0.3, 0.4) is 0 Å². The van der Waals surface area contributed by atoms with Gasteiger partial charge in [-0.15, -0.1) is 0 Å². The zero-order chi connectivity index (χ0) is 14.2. The van der Waals surface area contributed by atoms with E-state index >= 15 is 0 Å². The monoisotopic (exact) mass is 267 g/mol. The minimum absolute atomic E-state index is 0.0714. The molecular weight excluding hydrogens is 250 g/mol. The Balaban J connectivity index is 2.22. The number of rotatable bonds is 2. The normalized spacial score (nSPS) is 19.5. The molecule has 7 heteroatoms. The first-order valence-electron chi connectivity index (χ1n) is 6.05. The van der Waals surface area contributed by atoms with Gasteiger partial charge >= 0.3 is 5.97 Å². The second-order valence-corrected chi connectivity index (χ2v) is 4.62. The van der Waals surface area contributed by atoms with Crippen LogP contribution in [0.5, 0.6) is 0 Å². The van der Waals surface area contributed by atoms with Crippen LogP contribution in [-0.2, 0) is 16.6 Å². The standard InChI is InChI=1S/C12H17N3O4/c1-7-10(8(2)14(3)13-7)11(16)15-4-5-19-9(6-15)12(17)18/h9H,4-6H2,1-3H3,(H,17,18)/t9-/m1/s1. The van der Waals surface area contributed by atoms with E-state index in [0.29, 0.717) is 17.8 Å². The molecule has 1 atom stereocenters. The second kappa shape index (κ2) is 5.00. The summed E-state index contributed by atoms with van der Waals surface area (Å²) in [5, 5.41) is 13.1. The number of carbonyl (C=O) groups excluding carboxylic acids is 1. The lowest BCUT2D eigenvalue weighted by Gasteiger charge is -2.30.